The molecule has 1 aromatic heterocycles. The molecular weight excluding hydrogens is 224 g/mol. The van der Waals surface area contributed by atoms with E-state index >= 15 is 0 Å². The van der Waals surface area contributed by atoms with E-state index < -0.39 is 0 Å². The van der Waals surface area contributed by atoms with E-state index in [1.165, 1.54) is 0 Å². The van der Waals surface area contributed by atoms with E-state index in [2.05, 4.69) is 5.10 Å². The second-order valence-corrected chi connectivity index (χ2v) is 4.16. The van der Waals surface area contributed by atoms with Gasteiger partial charge in [0.2, 0.25) is 0 Å². The van der Waals surface area contributed by atoms with Crippen LogP contribution < -0.4 is 0 Å². The second-order valence-electron chi connectivity index (χ2n) is 4.16. The minimum Gasteiger partial charge on any atom is -0.289 e. The third-order valence-corrected chi connectivity index (χ3v) is 2.73. The van der Waals surface area contributed by atoms with Crippen LogP contribution in [0.3, 0.4) is 0 Å². The Morgan fingerprint density at radius 3 is 2.61 bits per heavy atom. The molecule has 0 amide bonds. The van der Waals surface area contributed by atoms with Gasteiger partial charge in [0.15, 0.2) is 5.78 Å². The van der Waals surface area contributed by atoms with E-state index in [9.17, 15) is 4.79 Å². The van der Waals surface area contributed by atoms with Gasteiger partial charge < -0.3 is 0 Å². The van der Waals surface area contributed by atoms with Crippen molar-refractivity contribution in [2.75, 3.05) is 0 Å². The molecule has 3 heteroatoms. The molecule has 0 atom stereocenters. The van der Waals surface area contributed by atoms with E-state index in [1.54, 1.807) is 12.2 Å². The minimum absolute atomic E-state index is 0.000971. The topological polar surface area (TPSA) is 34.9 Å². The van der Waals surface area contributed by atoms with Gasteiger partial charge in [-0.2, -0.15) is 5.10 Å². The molecule has 0 spiro atoms. The Hall–Kier alpha value is -2.16. The highest BCUT2D eigenvalue weighted by atomic mass is 16.1. The van der Waals surface area contributed by atoms with Crippen molar-refractivity contribution in [1.82, 2.24) is 9.78 Å². The van der Waals surface area contributed by atoms with Gasteiger partial charge in [-0.3, -0.25) is 9.48 Å². The van der Waals surface area contributed by atoms with Crippen LogP contribution in [-0.2, 0) is 6.54 Å². The van der Waals surface area contributed by atoms with Gasteiger partial charge in [0.1, 0.15) is 0 Å². The largest absolute Gasteiger partial charge is 0.289 e. The zero-order valence-corrected chi connectivity index (χ0v) is 10.6. The SMILES string of the molecule is CCn1ccc(/C=C/C(=O)c2ccc(C)cc2)n1. The van der Waals surface area contributed by atoms with Crippen molar-refractivity contribution in [2.24, 2.45) is 0 Å². The summed E-state index contributed by atoms with van der Waals surface area (Å²) in [5.41, 5.74) is 2.65. The van der Waals surface area contributed by atoms with Crippen molar-refractivity contribution in [3.05, 3.63) is 59.4 Å². The van der Waals surface area contributed by atoms with Gasteiger partial charge in [-0.05, 0) is 32.1 Å². The van der Waals surface area contributed by atoms with Crippen molar-refractivity contribution in [2.45, 2.75) is 20.4 Å². The fourth-order valence-corrected chi connectivity index (χ4v) is 1.62. The molecule has 2 rings (SSSR count). The summed E-state index contributed by atoms with van der Waals surface area (Å²) in [6.45, 7) is 4.86. The molecule has 0 saturated carbocycles. The zero-order valence-electron chi connectivity index (χ0n) is 10.6. The lowest BCUT2D eigenvalue weighted by atomic mass is 10.1. The van der Waals surface area contributed by atoms with Crippen LogP contribution in [0, 0.1) is 6.92 Å². The van der Waals surface area contributed by atoms with E-state index in [0.717, 1.165) is 17.8 Å². The number of aryl methyl sites for hydroxylation is 2. The number of carbonyl (C=O) groups excluding carboxylic acids is 1. The van der Waals surface area contributed by atoms with E-state index in [4.69, 9.17) is 0 Å². The number of hydrogen-bond donors (Lipinski definition) is 0. The predicted molar refractivity (Wildman–Crippen MR) is 72.4 cm³/mol. The van der Waals surface area contributed by atoms with Crippen LogP contribution in [-0.4, -0.2) is 15.6 Å². The molecule has 0 aliphatic heterocycles. The average molecular weight is 240 g/mol. The van der Waals surface area contributed by atoms with Crippen molar-refractivity contribution in [3.63, 3.8) is 0 Å². The van der Waals surface area contributed by atoms with Crippen LogP contribution in [0.4, 0.5) is 0 Å². The van der Waals surface area contributed by atoms with E-state index in [0.29, 0.717) is 5.56 Å². The van der Waals surface area contributed by atoms with Gasteiger partial charge in [0.25, 0.3) is 0 Å². The number of hydrogen-bond acceptors (Lipinski definition) is 2. The van der Waals surface area contributed by atoms with Gasteiger partial charge in [-0.15, -0.1) is 0 Å². The Morgan fingerprint density at radius 1 is 1.28 bits per heavy atom. The maximum absolute atomic E-state index is 11.9. The monoisotopic (exact) mass is 240 g/mol. The normalized spacial score (nSPS) is 11.0. The van der Waals surface area contributed by atoms with Crippen molar-refractivity contribution in [1.29, 1.82) is 0 Å². The minimum atomic E-state index is 0.000971. The Balaban J connectivity index is 2.09. The summed E-state index contributed by atoms with van der Waals surface area (Å²) >= 11 is 0. The van der Waals surface area contributed by atoms with Crippen molar-refractivity contribution < 1.29 is 4.79 Å². The molecule has 0 saturated heterocycles. The Bertz CT molecular complexity index is 564. The van der Waals surface area contributed by atoms with Crippen molar-refractivity contribution >= 4 is 11.9 Å². The fourth-order valence-electron chi connectivity index (χ4n) is 1.62. The summed E-state index contributed by atoms with van der Waals surface area (Å²) in [5.74, 6) is 0.000971. The smallest absolute Gasteiger partial charge is 0.185 e. The molecule has 2 aromatic rings. The number of nitrogens with zero attached hydrogens (tertiary/aromatic N) is 2. The Labute approximate surface area is 107 Å². The van der Waals surface area contributed by atoms with Crippen LogP contribution in [0.5, 0.6) is 0 Å². The molecule has 1 heterocycles. The molecule has 1 aromatic carbocycles. The van der Waals surface area contributed by atoms with Gasteiger partial charge in [0.05, 0.1) is 5.69 Å². The first-order chi connectivity index (χ1) is 8.69. The fraction of sp³-hybridized carbons (Fsp3) is 0.200. The second kappa shape index (κ2) is 5.45. The summed E-state index contributed by atoms with van der Waals surface area (Å²) in [7, 11) is 0. The summed E-state index contributed by atoms with van der Waals surface area (Å²) in [4.78, 5) is 11.9. The number of benzene rings is 1. The number of aromatic nitrogens is 2. The molecule has 0 unspecified atom stereocenters. The van der Waals surface area contributed by atoms with E-state index in [1.807, 2.05) is 55.1 Å². The van der Waals surface area contributed by atoms with Crippen LogP contribution in [0.1, 0.15) is 28.5 Å². The third-order valence-electron chi connectivity index (χ3n) is 2.73. The molecule has 92 valence electrons. The van der Waals surface area contributed by atoms with Crippen molar-refractivity contribution in [3.8, 4) is 0 Å². The van der Waals surface area contributed by atoms with Crippen LogP contribution in [0.15, 0.2) is 42.6 Å². The number of carbonyl (C=O) groups is 1. The van der Waals surface area contributed by atoms with E-state index in [-0.39, 0.29) is 5.78 Å². The predicted octanol–water partition coefficient (Wildman–Crippen LogP) is 3.11. The average Bonchev–Trinajstić information content (AvgIpc) is 2.85. The Morgan fingerprint density at radius 2 is 2.00 bits per heavy atom. The summed E-state index contributed by atoms with van der Waals surface area (Å²) < 4.78 is 1.83. The zero-order chi connectivity index (χ0) is 13.0. The van der Waals surface area contributed by atoms with Crippen LogP contribution >= 0.6 is 0 Å². The quantitative estimate of drug-likeness (QED) is 0.608. The number of ketones is 1. The number of rotatable bonds is 4. The summed E-state index contributed by atoms with van der Waals surface area (Å²) in [6, 6.07) is 9.45. The van der Waals surface area contributed by atoms with Crippen LogP contribution in [0.25, 0.3) is 6.08 Å². The first kappa shape index (κ1) is 12.3. The highest BCUT2D eigenvalue weighted by Gasteiger charge is 2.01. The summed E-state index contributed by atoms with van der Waals surface area (Å²) in [6.07, 6.45) is 5.21. The molecule has 0 N–H and O–H groups in total. The summed E-state index contributed by atoms with van der Waals surface area (Å²) in [5, 5.41) is 4.29. The van der Waals surface area contributed by atoms with Gasteiger partial charge in [-0.25, -0.2) is 0 Å². The molecule has 0 aliphatic carbocycles. The van der Waals surface area contributed by atoms with Gasteiger partial charge in [0, 0.05) is 18.3 Å². The highest BCUT2D eigenvalue weighted by molar-refractivity contribution is 6.06. The lowest BCUT2D eigenvalue weighted by Gasteiger charge is -1.96. The number of allylic oxidation sites excluding steroid dienone is 1. The maximum atomic E-state index is 11.9. The van der Waals surface area contributed by atoms with Gasteiger partial charge in [-0.1, -0.05) is 29.8 Å². The van der Waals surface area contributed by atoms with Gasteiger partial charge >= 0.3 is 0 Å². The standard InChI is InChI=1S/C15H16N2O/c1-3-17-11-10-14(16-17)8-9-15(18)13-6-4-12(2)5-7-13/h4-11H,3H2,1-2H3/b9-8+. The lowest BCUT2D eigenvalue weighted by molar-refractivity contribution is 0.104. The molecule has 18 heavy (non-hydrogen) atoms. The highest BCUT2D eigenvalue weighted by Crippen LogP contribution is 2.06. The molecule has 0 aliphatic rings. The third kappa shape index (κ3) is 2.94. The lowest BCUT2D eigenvalue weighted by Crippen LogP contribution is -1.95. The molecule has 0 radical (unpaired) electrons. The molecule has 0 bridgehead atoms. The first-order valence-corrected chi connectivity index (χ1v) is 6.01. The first-order valence-electron chi connectivity index (χ1n) is 6.01. The maximum Gasteiger partial charge on any atom is 0.185 e. The van der Waals surface area contributed by atoms with Crippen LogP contribution in [0.2, 0.25) is 0 Å². The Kier molecular flexibility index (Phi) is 3.72. The molecular formula is C15H16N2O. The molecule has 3 nitrogen and oxygen atoms in total. The molecule has 0 fully saturated rings.